The summed E-state index contributed by atoms with van der Waals surface area (Å²) in [6, 6.07) is 27.2. The van der Waals surface area contributed by atoms with E-state index in [2.05, 4.69) is 43.8 Å². The third-order valence-electron chi connectivity index (χ3n) is 21.3. The van der Waals surface area contributed by atoms with E-state index in [9.17, 15) is 43.5 Å². The number of hydrogen-bond acceptors (Lipinski definition) is 22. The number of thioether (sulfide) groups is 1. The Hall–Kier alpha value is -9.46. The highest BCUT2D eigenvalue weighted by Crippen LogP contribution is 2.50. The Labute approximate surface area is 683 Å². The zero-order chi connectivity index (χ0) is 84.0. The Balaban J connectivity index is 1.01. The summed E-state index contributed by atoms with van der Waals surface area (Å²) >= 11 is 1.28. The molecule has 8 amide bonds. The second-order valence-corrected chi connectivity index (χ2v) is 33.6. The standard InChI is InChI=1S/C86H117N9O20S/c1-13-42-108-72(100)45-65(81(105)94-48-61(113-73-41-29-38-60(112-73)49-110-59-36-25-18-26-37-59)43-67(94)79(103)93-75(82(106)114-84(7,8)9)53(4)69(111-55(6)97)50-109-54(5)96)91-77(101)66(51-116-86(56-30-19-15-20-31-56,57-32-21-16-22-33-57)58-34-23-17-24-35-58)89-70(98)46-88-80(104)74(52(3)14-2)92-71(99)47-87-78(102)68-44-63-62-39-27-28-40-64(62)90-76(63)95(68)83(107)115-85(10,11)12/h13,15-17,19-24,27-28,30-35,39-40,52-53,59-61,63,65-69,72-76,90,100H,1,14,18,25-26,29,36-38,41-51H2,2-12H3,(H,87,102)(H,88,104)(H,89,98)(H,91,101)(H,92,99)(H,93,103)/t52?,53-,60?,61+,63?,65-,66?,67-,68?,69-,72+,73?,74?,75?,76?/m0/s1. The molecular formula is C86H117N9O20S. The number of aliphatic hydroxyl groups is 1. The first kappa shape index (κ1) is 90.5. The Morgan fingerprint density at radius 3 is 1.88 bits per heavy atom. The first-order chi connectivity index (χ1) is 55.2. The van der Waals surface area contributed by atoms with Crippen LogP contribution in [-0.4, -0.2) is 216 Å². The third-order valence-corrected chi connectivity index (χ3v) is 22.9. The number of rotatable bonds is 37. The highest BCUT2D eigenvalue weighted by molar-refractivity contribution is 8.00. The molecule has 0 aromatic heterocycles. The number of ether oxygens (including phenoxy) is 8. The van der Waals surface area contributed by atoms with Crippen molar-refractivity contribution < 1.29 is 95.7 Å². The summed E-state index contributed by atoms with van der Waals surface area (Å²) in [5.74, 6) is -10.6. The van der Waals surface area contributed by atoms with Gasteiger partial charge in [0.15, 0.2) is 12.6 Å². The molecular weight excluding hydrogens is 1510 g/mol. The first-order valence-electron chi connectivity index (χ1n) is 40.3. The van der Waals surface area contributed by atoms with Crippen LogP contribution in [0.4, 0.5) is 10.5 Å². The number of nitrogens with one attached hydrogen (secondary N) is 7. The highest BCUT2D eigenvalue weighted by Gasteiger charge is 2.53. The zero-order valence-electron chi connectivity index (χ0n) is 68.4. The summed E-state index contributed by atoms with van der Waals surface area (Å²) < 4.78 is 46.6. The Bertz CT molecular complexity index is 3910. The van der Waals surface area contributed by atoms with E-state index in [1.807, 2.05) is 115 Å². The minimum atomic E-state index is -1.78. The molecule has 29 nitrogen and oxygen atoms in total. The van der Waals surface area contributed by atoms with Crippen LogP contribution in [0.2, 0.25) is 0 Å². The fourth-order valence-corrected chi connectivity index (χ4v) is 16.9. The Morgan fingerprint density at radius 1 is 0.664 bits per heavy atom. The van der Waals surface area contributed by atoms with Crippen LogP contribution in [0.25, 0.3) is 0 Å². The van der Waals surface area contributed by atoms with Crippen molar-refractivity contribution in [1.29, 1.82) is 0 Å². The summed E-state index contributed by atoms with van der Waals surface area (Å²) in [5.41, 5.74) is 2.08. The van der Waals surface area contributed by atoms with E-state index in [1.165, 1.54) is 29.7 Å². The average Bonchev–Trinajstić information content (AvgIpc) is 1.56. The van der Waals surface area contributed by atoms with Gasteiger partial charge in [-0.2, -0.15) is 0 Å². The molecule has 116 heavy (non-hydrogen) atoms. The molecule has 4 aromatic rings. The van der Waals surface area contributed by atoms with Crippen LogP contribution >= 0.6 is 11.8 Å². The van der Waals surface area contributed by atoms with Crippen molar-refractivity contribution in [1.82, 2.24) is 41.7 Å². The minimum Gasteiger partial charge on any atom is -0.462 e. The van der Waals surface area contributed by atoms with E-state index in [0.717, 1.165) is 78.8 Å². The second-order valence-electron chi connectivity index (χ2n) is 32.4. The number of carbonyl (C=O) groups is 11. The number of aliphatic hydroxyl groups excluding tert-OH is 1. The van der Waals surface area contributed by atoms with Crippen LogP contribution in [0, 0.1) is 11.8 Å². The van der Waals surface area contributed by atoms with Gasteiger partial charge in [-0.1, -0.05) is 162 Å². The van der Waals surface area contributed by atoms with Gasteiger partial charge in [-0.15, -0.1) is 18.3 Å². The normalized spacial score (nSPS) is 21.5. The molecule has 1 saturated carbocycles. The van der Waals surface area contributed by atoms with E-state index >= 15 is 14.4 Å². The van der Waals surface area contributed by atoms with Crippen LogP contribution in [0.3, 0.4) is 0 Å². The molecule has 4 aromatic carbocycles. The highest BCUT2D eigenvalue weighted by atomic mass is 32.2. The molecule has 9 unspecified atom stereocenters. The summed E-state index contributed by atoms with van der Waals surface area (Å²) in [6.45, 7) is 18.9. The lowest BCUT2D eigenvalue weighted by Crippen LogP contribution is -2.60. The number of likely N-dealkylation sites (tertiary alicyclic amines) is 2. The fourth-order valence-electron chi connectivity index (χ4n) is 15.4. The van der Waals surface area contributed by atoms with Crippen molar-refractivity contribution in [2.45, 2.75) is 254 Å². The molecule has 0 radical (unpaired) electrons. The summed E-state index contributed by atoms with van der Waals surface area (Å²) in [6.07, 6.45) is 1.72. The van der Waals surface area contributed by atoms with Gasteiger partial charge in [-0.25, -0.2) is 9.59 Å². The number of benzene rings is 4. The van der Waals surface area contributed by atoms with Gasteiger partial charge in [-0.05, 0) is 114 Å². The zero-order valence-corrected chi connectivity index (χ0v) is 69.2. The van der Waals surface area contributed by atoms with Gasteiger partial charge < -0.3 is 85.1 Å². The molecule has 1 aliphatic carbocycles. The molecule has 30 heteroatoms. The second kappa shape index (κ2) is 42.1. The summed E-state index contributed by atoms with van der Waals surface area (Å²) in [4.78, 5) is 161. The molecule has 4 fully saturated rings. The van der Waals surface area contributed by atoms with E-state index < -0.39 is 186 Å². The maximum Gasteiger partial charge on any atom is 0.412 e. The Kier molecular flexibility index (Phi) is 32.8. The summed E-state index contributed by atoms with van der Waals surface area (Å²) in [7, 11) is 0. The first-order valence-corrected chi connectivity index (χ1v) is 41.3. The molecule has 0 spiro atoms. The molecule has 4 heterocycles. The van der Waals surface area contributed by atoms with E-state index in [1.54, 1.807) is 55.4 Å². The van der Waals surface area contributed by atoms with Crippen molar-refractivity contribution in [3.05, 3.63) is 150 Å². The average molecular weight is 1630 g/mol. The van der Waals surface area contributed by atoms with Gasteiger partial charge in [0.05, 0.1) is 49.4 Å². The molecule has 9 rings (SSSR count). The lowest BCUT2D eigenvalue weighted by molar-refractivity contribution is -0.224. The minimum absolute atomic E-state index is 0.107. The van der Waals surface area contributed by atoms with Crippen LogP contribution in [0.5, 0.6) is 0 Å². The van der Waals surface area contributed by atoms with Crippen LogP contribution in [0.1, 0.15) is 181 Å². The number of anilines is 1. The third kappa shape index (κ3) is 25.0. The maximum atomic E-state index is 16.1. The largest absolute Gasteiger partial charge is 0.462 e. The smallest absolute Gasteiger partial charge is 0.412 e. The van der Waals surface area contributed by atoms with Gasteiger partial charge in [0.1, 0.15) is 66.3 Å². The van der Waals surface area contributed by atoms with Crippen molar-refractivity contribution in [3.8, 4) is 0 Å². The SMILES string of the molecule is C=CCO[C@@H](O)C[C@H](NC(=O)C(CSC(c1ccccc1)(c1ccccc1)c1ccccc1)NC(=O)CNC(=O)C(NC(=O)CNC(=O)C1CC2c3ccccc3NC2N1C(=O)OC(C)(C)C)C(C)CC)C(=O)N1C[C@H](OC2CCCC(COC3CCCCC3)O2)C[C@H]1C(=O)NC(C(=O)OC(C)(C)C)[C@@H](C)[C@H](COC(C)=O)OC(C)=O. The van der Waals surface area contributed by atoms with Crippen LogP contribution < -0.4 is 37.2 Å². The number of nitrogens with zero attached hydrogens (tertiary/aromatic N) is 2. The van der Waals surface area contributed by atoms with E-state index in [4.69, 9.17) is 37.9 Å². The fraction of sp³-hybridized carbons (Fsp3) is 0.570. The number of fused-ring (bicyclic) bond motifs is 3. The van der Waals surface area contributed by atoms with Gasteiger partial charge in [0, 0.05) is 56.5 Å². The monoisotopic (exact) mass is 1630 g/mol. The topological polar surface area (TPSA) is 373 Å². The molecule has 5 aliphatic rings. The number of esters is 3. The van der Waals surface area contributed by atoms with Crippen molar-refractivity contribution in [2.75, 3.05) is 50.5 Å². The predicted molar refractivity (Wildman–Crippen MR) is 432 cm³/mol. The van der Waals surface area contributed by atoms with Gasteiger partial charge in [0.2, 0.25) is 41.4 Å². The van der Waals surface area contributed by atoms with Crippen LogP contribution in [0.15, 0.2) is 128 Å². The molecule has 3 saturated heterocycles. The number of para-hydroxylation sites is 1. The maximum absolute atomic E-state index is 16.1. The quantitative estimate of drug-likeness (QED) is 0.00695. The molecule has 632 valence electrons. The Morgan fingerprint density at radius 2 is 1.28 bits per heavy atom. The molecule has 0 bridgehead atoms. The van der Waals surface area contributed by atoms with Gasteiger partial charge >= 0.3 is 24.0 Å². The van der Waals surface area contributed by atoms with Crippen molar-refractivity contribution >= 4 is 82.8 Å². The molecule has 8 N–H and O–H groups in total. The van der Waals surface area contributed by atoms with Crippen molar-refractivity contribution in [2.24, 2.45) is 11.8 Å². The number of hydrogen-bond donors (Lipinski definition) is 8. The summed E-state index contributed by atoms with van der Waals surface area (Å²) in [5, 5.41) is 31.5. The predicted octanol–water partition coefficient (Wildman–Crippen LogP) is 8.09. The van der Waals surface area contributed by atoms with Crippen LogP contribution in [-0.2, 0) is 90.6 Å². The molecule has 15 atom stereocenters. The number of carbonyl (C=O) groups excluding carboxylic acids is 11. The van der Waals surface area contributed by atoms with E-state index in [-0.39, 0.29) is 49.9 Å². The molecule has 4 aliphatic heterocycles. The number of amides is 8. The van der Waals surface area contributed by atoms with Gasteiger partial charge in [0.25, 0.3) is 0 Å². The van der Waals surface area contributed by atoms with Gasteiger partial charge in [-0.3, -0.25) is 48.1 Å². The van der Waals surface area contributed by atoms with E-state index in [0.29, 0.717) is 32.3 Å². The lowest BCUT2D eigenvalue weighted by atomic mass is 9.84. The van der Waals surface area contributed by atoms with Crippen molar-refractivity contribution in [3.63, 3.8) is 0 Å². The lowest BCUT2D eigenvalue weighted by Gasteiger charge is -2.37.